The van der Waals surface area contributed by atoms with Gasteiger partial charge in [0.2, 0.25) is 0 Å². The number of benzene rings is 2. The van der Waals surface area contributed by atoms with Gasteiger partial charge in [-0.1, -0.05) is 42.8 Å². The molecule has 0 bridgehead atoms. The maximum Gasteiger partial charge on any atom is 0.253 e. The lowest BCUT2D eigenvalue weighted by molar-refractivity contribution is 0.181. The lowest BCUT2D eigenvalue weighted by Gasteiger charge is -2.36. The number of aromatic amines is 1. The first kappa shape index (κ1) is 22.5. The van der Waals surface area contributed by atoms with Crippen LogP contribution < -0.4 is 5.56 Å². The molecular formula is C27H32N6O. The lowest BCUT2D eigenvalue weighted by atomic mass is 9.94. The Morgan fingerprint density at radius 1 is 1.12 bits per heavy atom. The van der Waals surface area contributed by atoms with E-state index < -0.39 is 0 Å². The predicted octanol–water partition coefficient (Wildman–Crippen LogP) is 4.42. The smallest absolute Gasteiger partial charge is 0.253 e. The molecule has 0 amide bonds. The van der Waals surface area contributed by atoms with E-state index in [0.29, 0.717) is 11.4 Å². The molecule has 2 aromatic carbocycles. The van der Waals surface area contributed by atoms with E-state index in [-0.39, 0.29) is 17.1 Å². The fourth-order valence-electron chi connectivity index (χ4n) is 5.09. The van der Waals surface area contributed by atoms with Crippen molar-refractivity contribution in [2.24, 2.45) is 0 Å². The first-order valence-electron chi connectivity index (χ1n) is 12.0. The zero-order valence-corrected chi connectivity index (χ0v) is 20.6. The fraction of sp³-hybridized carbons (Fsp3) is 0.407. The van der Waals surface area contributed by atoms with Crippen LogP contribution in [0.1, 0.15) is 66.9 Å². The highest BCUT2D eigenvalue weighted by molar-refractivity contribution is 5.83. The van der Waals surface area contributed by atoms with Crippen molar-refractivity contribution in [2.75, 3.05) is 6.54 Å². The monoisotopic (exact) mass is 456 g/mol. The van der Waals surface area contributed by atoms with Gasteiger partial charge in [-0.3, -0.25) is 9.69 Å². The third-order valence-corrected chi connectivity index (χ3v) is 7.32. The molecule has 1 atom stereocenters. The minimum Gasteiger partial charge on any atom is -0.321 e. The van der Waals surface area contributed by atoms with Crippen LogP contribution in [0.25, 0.3) is 10.9 Å². The van der Waals surface area contributed by atoms with Crippen LogP contribution in [0.15, 0.2) is 47.3 Å². The second-order valence-corrected chi connectivity index (χ2v) is 10.1. The molecule has 3 heterocycles. The van der Waals surface area contributed by atoms with E-state index in [1.54, 1.807) is 0 Å². The molecule has 4 aromatic rings. The molecule has 0 saturated carbocycles. The molecule has 0 aliphatic carbocycles. The van der Waals surface area contributed by atoms with E-state index in [1.165, 1.54) is 16.7 Å². The molecule has 5 rings (SSSR count). The summed E-state index contributed by atoms with van der Waals surface area (Å²) >= 11 is 0. The average Bonchev–Trinajstić information content (AvgIpc) is 3.30. The molecule has 2 aromatic heterocycles. The van der Waals surface area contributed by atoms with Crippen molar-refractivity contribution in [2.45, 2.75) is 65.6 Å². The summed E-state index contributed by atoms with van der Waals surface area (Å²) in [4.78, 5) is 19.1. The minimum absolute atomic E-state index is 0.0906. The molecule has 1 N–H and O–H groups in total. The molecule has 7 heteroatoms. The van der Waals surface area contributed by atoms with E-state index in [4.69, 9.17) is 0 Å². The fourth-order valence-corrected chi connectivity index (χ4v) is 5.09. The number of tetrazole rings is 1. The van der Waals surface area contributed by atoms with Crippen molar-refractivity contribution in [1.82, 2.24) is 30.1 Å². The van der Waals surface area contributed by atoms with Crippen LogP contribution in [0.5, 0.6) is 0 Å². The van der Waals surface area contributed by atoms with Crippen LogP contribution in [0.4, 0.5) is 0 Å². The highest BCUT2D eigenvalue weighted by atomic mass is 16.1. The molecule has 0 saturated heterocycles. The van der Waals surface area contributed by atoms with Crippen molar-refractivity contribution < 1.29 is 0 Å². The van der Waals surface area contributed by atoms with E-state index >= 15 is 0 Å². The Bertz CT molecular complexity index is 1420. The second-order valence-electron chi connectivity index (χ2n) is 10.1. The van der Waals surface area contributed by atoms with Gasteiger partial charge in [0.25, 0.3) is 5.56 Å². The largest absolute Gasteiger partial charge is 0.321 e. The number of H-pyrrole nitrogens is 1. The maximum absolute atomic E-state index is 13.6. The number of rotatable bonds is 5. The summed E-state index contributed by atoms with van der Waals surface area (Å²) in [6.45, 7) is 12.1. The first-order chi connectivity index (χ1) is 16.3. The summed E-state index contributed by atoms with van der Waals surface area (Å²) < 4.78 is 1.91. The summed E-state index contributed by atoms with van der Waals surface area (Å²) in [6.07, 6.45) is 1.79. The van der Waals surface area contributed by atoms with Gasteiger partial charge in [-0.15, -0.1) is 5.10 Å². The standard InChI is InChI=1S/C27H32N6O/c1-6-27(4,5)33-25(29-30-31-33)24(32-12-11-19-9-7-8-10-20(19)16-32)22-15-21-14-17(2)13-18(3)23(21)28-26(22)34/h7-10,13-15,24H,6,11-12,16H2,1-5H3,(H,28,34)/t24-/m1/s1. The zero-order chi connectivity index (χ0) is 24.0. The summed E-state index contributed by atoms with van der Waals surface area (Å²) in [6, 6.07) is 14.4. The average molecular weight is 457 g/mol. The van der Waals surface area contributed by atoms with Gasteiger partial charge in [0.1, 0.15) is 6.04 Å². The summed E-state index contributed by atoms with van der Waals surface area (Å²) in [5, 5.41) is 14.0. The number of hydrogen-bond donors (Lipinski definition) is 1. The topological polar surface area (TPSA) is 79.7 Å². The third-order valence-electron chi connectivity index (χ3n) is 7.32. The number of pyridine rings is 1. The number of hydrogen-bond acceptors (Lipinski definition) is 5. The van der Waals surface area contributed by atoms with Gasteiger partial charge in [0, 0.05) is 18.7 Å². The normalized spacial score (nSPS) is 15.4. The quantitative estimate of drug-likeness (QED) is 0.481. The van der Waals surface area contributed by atoms with E-state index in [9.17, 15) is 4.79 Å². The molecule has 176 valence electrons. The molecule has 0 fully saturated rings. The number of nitrogens with zero attached hydrogens (tertiary/aromatic N) is 5. The van der Waals surface area contributed by atoms with Gasteiger partial charge in [0.05, 0.1) is 11.1 Å². The molecule has 1 aliphatic heterocycles. The Hall–Kier alpha value is -3.32. The van der Waals surface area contributed by atoms with Gasteiger partial charge in [-0.25, -0.2) is 4.68 Å². The molecule has 0 spiro atoms. The Kier molecular flexibility index (Phi) is 5.60. The predicted molar refractivity (Wildman–Crippen MR) is 134 cm³/mol. The Labute approximate surface area is 199 Å². The van der Waals surface area contributed by atoms with E-state index in [2.05, 4.69) is 89.5 Å². The van der Waals surface area contributed by atoms with Crippen LogP contribution in [0, 0.1) is 13.8 Å². The van der Waals surface area contributed by atoms with Crippen LogP contribution in [-0.4, -0.2) is 36.6 Å². The van der Waals surface area contributed by atoms with E-state index in [0.717, 1.165) is 42.4 Å². The highest BCUT2D eigenvalue weighted by Gasteiger charge is 2.35. The molecular weight excluding hydrogens is 424 g/mol. The Balaban J connectivity index is 1.71. The van der Waals surface area contributed by atoms with Crippen LogP contribution >= 0.6 is 0 Å². The number of aryl methyl sites for hydroxylation is 2. The van der Waals surface area contributed by atoms with Crippen molar-refractivity contribution in [3.63, 3.8) is 0 Å². The maximum atomic E-state index is 13.6. The van der Waals surface area contributed by atoms with Crippen molar-refractivity contribution in [3.05, 3.63) is 86.5 Å². The van der Waals surface area contributed by atoms with Crippen LogP contribution in [-0.2, 0) is 18.5 Å². The van der Waals surface area contributed by atoms with Crippen LogP contribution in [0.2, 0.25) is 0 Å². The van der Waals surface area contributed by atoms with E-state index in [1.807, 2.05) is 17.7 Å². The van der Waals surface area contributed by atoms with Gasteiger partial charge < -0.3 is 4.98 Å². The summed E-state index contributed by atoms with van der Waals surface area (Å²) in [7, 11) is 0. The van der Waals surface area contributed by atoms with Crippen molar-refractivity contribution in [3.8, 4) is 0 Å². The lowest BCUT2D eigenvalue weighted by Crippen LogP contribution is -2.40. The Morgan fingerprint density at radius 3 is 2.65 bits per heavy atom. The second kappa shape index (κ2) is 8.47. The number of fused-ring (bicyclic) bond motifs is 2. The van der Waals surface area contributed by atoms with Crippen molar-refractivity contribution >= 4 is 10.9 Å². The zero-order valence-electron chi connectivity index (χ0n) is 20.6. The van der Waals surface area contributed by atoms with Gasteiger partial charge in [-0.2, -0.15) is 0 Å². The third kappa shape index (κ3) is 3.84. The molecule has 1 aliphatic rings. The van der Waals surface area contributed by atoms with Crippen LogP contribution in [0.3, 0.4) is 0 Å². The van der Waals surface area contributed by atoms with Gasteiger partial charge >= 0.3 is 0 Å². The molecule has 34 heavy (non-hydrogen) atoms. The molecule has 0 unspecified atom stereocenters. The van der Waals surface area contributed by atoms with Gasteiger partial charge in [-0.05, 0) is 85.2 Å². The minimum atomic E-state index is -0.358. The SMILES string of the molecule is CCC(C)(C)n1nnnc1[C@@H](c1cc2cc(C)cc(C)c2[nH]c1=O)N1CCc2ccccc2C1. The van der Waals surface area contributed by atoms with Gasteiger partial charge in [0.15, 0.2) is 5.82 Å². The first-order valence-corrected chi connectivity index (χ1v) is 12.0. The summed E-state index contributed by atoms with van der Waals surface area (Å²) in [5.41, 5.74) is 6.09. The van der Waals surface area contributed by atoms with Crippen molar-refractivity contribution in [1.29, 1.82) is 0 Å². The highest BCUT2D eigenvalue weighted by Crippen LogP contribution is 2.34. The molecule has 7 nitrogen and oxygen atoms in total. The Morgan fingerprint density at radius 2 is 1.88 bits per heavy atom. The summed E-state index contributed by atoms with van der Waals surface area (Å²) in [5.74, 6) is 0.709. The number of nitrogens with one attached hydrogen (secondary N) is 1. The number of aromatic nitrogens is 5. The molecule has 0 radical (unpaired) electrons.